The van der Waals surface area contributed by atoms with Crippen LogP contribution in [0, 0.1) is 0 Å². The number of hydrogen-bond donors (Lipinski definition) is 0. The number of methoxy groups -OCH3 is 1. The molecule has 8 heteroatoms. The number of fused-ring (bicyclic) bond motifs is 2. The van der Waals surface area contributed by atoms with Crippen LogP contribution in [-0.2, 0) is 25.6 Å². The lowest BCUT2D eigenvalue weighted by Gasteiger charge is -2.44. The third kappa shape index (κ3) is 4.63. The first-order valence-corrected chi connectivity index (χ1v) is 9.77. The fraction of sp³-hybridized carbons (Fsp3) is 0.571. The summed E-state index contributed by atoms with van der Waals surface area (Å²) in [6.45, 7) is 5.65. The van der Waals surface area contributed by atoms with Gasteiger partial charge in [0.1, 0.15) is 12.2 Å². The zero-order valence-corrected chi connectivity index (χ0v) is 17.3. The summed E-state index contributed by atoms with van der Waals surface area (Å²) in [7, 11) is 1.27. The molecule has 8 nitrogen and oxygen atoms in total. The Hall–Kier alpha value is -2.77. The molecule has 0 saturated carbocycles. The Balaban J connectivity index is 1.76. The second-order valence-corrected chi connectivity index (χ2v) is 8.35. The summed E-state index contributed by atoms with van der Waals surface area (Å²) < 4.78 is 15.9. The Morgan fingerprint density at radius 3 is 2.38 bits per heavy atom. The first-order valence-electron chi connectivity index (χ1n) is 9.77. The van der Waals surface area contributed by atoms with E-state index in [1.54, 1.807) is 25.7 Å². The summed E-state index contributed by atoms with van der Waals surface area (Å²) in [4.78, 5) is 41.0. The molecule has 2 amide bonds. The highest BCUT2D eigenvalue weighted by atomic mass is 16.6. The number of carbonyl (C=O) groups excluding carboxylic acids is 3. The molecule has 2 aliphatic heterocycles. The molecule has 0 N–H and O–H groups in total. The minimum absolute atomic E-state index is 0.147. The van der Waals surface area contributed by atoms with Gasteiger partial charge < -0.3 is 14.2 Å². The molecule has 3 unspecified atom stereocenters. The van der Waals surface area contributed by atoms with Crippen molar-refractivity contribution in [3.05, 3.63) is 35.9 Å². The minimum atomic E-state index is -0.919. The molecular formula is C21H28N2O6. The van der Waals surface area contributed by atoms with Crippen LogP contribution in [0.2, 0.25) is 0 Å². The highest BCUT2D eigenvalue weighted by Gasteiger charge is 2.54. The van der Waals surface area contributed by atoms with E-state index in [9.17, 15) is 14.4 Å². The maximum absolute atomic E-state index is 12.8. The van der Waals surface area contributed by atoms with Crippen molar-refractivity contribution in [2.45, 2.75) is 63.9 Å². The van der Waals surface area contributed by atoms with E-state index < -0.39 is 35.8 Å². The number of rotatable bonds is 3. The number of amides is 2. The average molecular weight is 404 g/mol. The van der Waals surface area contributed by atoms with Crippen molar-refractivity contribution in [3.8, 4) is 0 Å². The van der Waals surface area contributed by atoms with Crippen LogP contribution in [0.1, 0.15) is 39.2 Å². The molecule has 2 aliphatic rings. The van der Waals surface area contributed by atoms with E-state index in [1.165, 1.54) is 12.0 Å². The molecule has 1 aromatic rings. The van der Waals surface area contributed by atoms with Crippen LogP contribution in [-0.4, -0.2) is 65.3 Å². The minimum Gasteiger partial charge on any atom is -0.467 e. The van der Waals surface area contributed by atoms with Gasteiger partial charge in [-0.1, -0.05) is 30.3 Å². The van der Waals surface area contributed by atoms with E-state index in [0.717, 1.165) is 5.56 Å². The standard InChI is InChI=1S/C21H28N2O6/c1-21(2,3)29-19(25)22-12-15-10-11-16(17(22)18(24)27-4)23(15)20(26)28-13-14-8-6-5-7-9-14/h5-9,15-17H,10-13H2,1-4H3. The topological polar surface area (TPSA) is 85.4 Å². The van der Waals surface area contributed by atoms with E-state index in [0.29, 0.717) is 12.8 Å². The second kappa shape index (κ2) is 8.31. The Morgan fingerprint density at radius 1 is 1.07 bits per heavy atom. The predicted octanol–water partition coefficient (Wildman–Crippen LogP) is 2.95. The summed E-state index contributed by atoms with van der Waals surface area (Å²) in [5, 5.41) is 0. The van der Waals surface area contributed by atoms with Crippen molar-refractivity contribution in [2.24, 2.45) is 0 Å². The number of esters is 1. The predicted molar refractivity (Wildman–Crippen MR) is 104 cm³/mol. The molecule has 0 aliphatic carbocycles. The molecule has 0 spiro atoms. The monoisotopic (exact) mass is 404 g/mol. The van der Waals surface area contributed by atoms with Crippen LogP contribution >= 0.6 is 0 Å². The third-order valence-corrected chi connectivity index (χ3v) is 5.14. The molecule has 2 bridgehead atoms. The molecule has 158 valence electrons. The van der Waals surface area contributed by atoms with Crippen molar-refractivity contribution in [1.29, 1.82) is 0 Å². The molecule has 0 radical (unpaired) electrons. The number of benzene rings is 1. The van der Waals surface area contributed by atoms with Crippen molar-refractivity contribution in [3.63, 3.8) is 0 Å². The number of carbonyl (C=O) groups is 3. The number of nitrogens with zero attached hydrogens (tertiary/aromatic N) is 2. The van der Waals surface area contributed by atoms with Crippen molar-refractivity contribution in [2.75, 3.05) is 13.7 Å². The molecular weight excluding hydrogens is 376 g/mol. The van der Waals surface area contributed by atoms with Gasteiger partial charge in [-0.05, 0) is 39.2 Å². The van der Waals surface area contributed by atoms with Crippen molar-refractivity contribution >= 4 is 18.2 Å². The normalized spacial score (nSPS) is 23.5. The van der Waals surface area contributed by atoms with E-state index >= 15 is 0 Å². The van der Waals surface area contributed by atoms with Gasteiger partial charge in [0.25, 0.3) is 0 Å². The van der Waals surface area contributed by atoms with E-state index in [2.05, 4.69) is 0 Å². The molecule has 2 saturated heterocycles. The first-order chi connectivity index (χ1) is 13.7. The number of hydrogen-bond acceptors (Lipinski definition) is 6. The fourth-order valence-corrected chi connectivity index (χ4v) is 3.94. The maximum Gasteiger partial charge on any atom is 0.411 e. The third-order valence-electron chi connectivity index (χ3n) is 5.14. The van der Waals surface area contributed by atoms with Crippen LogP contribution in [0.5, 0.6) is 0 Å². The average Bonchev–Trinajstić information content (AvgIpc) is 2.98. The van der Waals surface area contributed by atoms with E-state index in [-0.39, 0.29) is 19.2 Å². The van der Waals surface area contributed by atoms with E-state index in [1.807, 2.05) is 30.3 Å². The SMILES string of the molecule is COC(=O)C1C2CCC(CN1C(=O)OC(C)(C)C)N2C(=O)OCc1ccccc1. The summed E-state index contributed by atoms with van der Waals surface area (Å²) in [5.41, 5.74) is 0.188. The van der Waals surface area contributed by atoms with Crippen molar-refractivity contribution in [1.82, 2.24) is 9.80 Å². The largest absolute Gasteiger partial charge is 0.467 e. The molecule has 0 aromatic heterocycles. The van der Waals surface area contributed by atoms with Gasteiger partial charge in [-0.3, -0.25) is 9.80 Å². The highest BCUT2D eigenvalue weighted by molar-refractivity contribution is 5.84. The van der Waals surface area contributed by atoms with Gasteiger partial charge in [0.05, 0.1) is 19.2 Å². The lowest BCUT2D eigenvalue weighted by Crippen LogP contribution is -2.65. The van der Waals surface area contributed by atoms with Gasteiger partial charge in [0.2, 0.25) is 0 Å². The zero-order chi connectivity index (χ0) is 21.2. The first kappa shape index (κ1) is 21.0. The second-order valence-electron chi connectivity index (χ2n) is 8.35. The smallest absolute Gasteiger partial charge is 0.411 e. The molecule has 29 heavy (non-hydrogen) atoms. The number of likely N-dealkylation sites (tertiary alicyclic amines) is 1. The summed E-state index contributed by atoms with van der Waals surface area (Å²) in [6.07, 6.45) is 0.198. The summed E-state index contributed by atoms with van der Waals surface area (Å²) >= 11 is 0. The van der Waals surface area contributed by atoms with Gasteiger partial charge in [-0.2, -0.15) is 0 Å². The number of ether oxygens (including phenoxy) is 3. The van der Waals surface area contributed by atoms with Crippen LogP contribution in [0.25, 0.3) is 0 Å². The molecule has 2 heterocycles. The molecule has 2 fully saturated rings. The zero-order valence-electron chi connectivity index (χ0n) is 17.3. The van der Waals surface area contributed by atoms with Crippen LogP contribution in [0.4, 0.5) is 9.59 Å². The van der Waals surface area contributed by atoms with Crippen LogP contribution < -0.4 is 0 Å². The van der Waals surface area contributed by atoms with Gasteiger partial charge in [0, 0.05) is 6.54 Å². The summed E-state index contributed by atoms with van der Waals surface area (Å²) in [5.74, 6) is -0.568. The Labute approximate surface area is 170 Å². The quantitative estimate of drug-likeness (QED) is 0.569. The fourth-order valence-electron chi connectivity index (χ4n) is 3.94. The molecule has 3 rings (SSSR count). The van der Waals surface area contributed by atoms with Gasteiger partial charge in [-0.15, -0.1) is 0 Å². The van der Waals surface area contributed by atoms with Gasteiger partial charge in [-0.25, -0.2) is 14.4 Å². The Kier molecular flexibility index (Phi) is 6.00. The Bertz CT molecular complexity index is 760. The Morgan fingerprint density at radius 2 is 1.76 bits per heavy atom. The molecule has 3 atom stereocenters. The molecule has 1 aromatic carbocycles. The maximum atomic E-state index is 12.8. The van der Waals surface area contributed by atoms with Gasteiger partial charge >= 0.3 is 18.2 Å². The van der Waals surface area contributed by atoms with Gasteiger partial charge in [0.15, 0.2) is 6.04 Å². The van der Waals surface area contributed by atoms with Crippen molar-refractivity contribution < 1.29 is 28.6 Å². The number of piperazine rings is 1. The lowest BCUT2D eigenvalue weighted by molar-refractivity contribution is -0.151. The van der Waals surface area contributed by atoms with E-state index in [4.69, 9.17) is 14.2 Å². The van der Waals surface area contributed by atoms with Crippen LogP contribution in [0.15, 0.2) is 30.3 Å². The highest BCUT2D eigenvalue weighted by Crippen LogP contribution is 2.36. The summed E-state index contributed by atoms with van der Waals surface area (Å²) in [6, 6.07) is 7.74. The lowest BCUT2D eigenvalue weighted by atomic mass is 10.0. The van der Waals surface area contributed by atoms with Crippen LogP contribution in [0.3, 0.4) is 0 Å².